The molecule has 0 aliphatic rings. The number of nitrogens with one attached hydrogen (secondary N) is 1. The molecule has 0 aliphatic heterocycles. The average Bonchev–Trinajstić information content (AvgIpc) is 2.21. The van der Waals surface area contributed by atoms with Gasteiger partial charge in [-0.05, 0) is 0 Å². The maximum Gasteiger partial charge on any atom is 0.0916 e. The molecule has 6 nitrogen and oxygen atoms in total. The average molecular weight is 208 g/mol. The summed E-state index contributed by atoms with van der Waals surface area (Å²) in [5.74, 6) is 0. The molecular formula is C8H20N2O4. The van der Waals surface area contributed by atoms with Gasteiger partial charge < -0.3 is 20.3 Å². The molecule has 0 saturated heterocycles. The van der Waals surface area contributed by atoms with Crippen LogP contribution in [0, 0.1) is 0 Å². The highest BCUT2D eigenvalue weighted by atomic mass is 16.7. The van der Waals surface area contributed by atoms with Crippen LogP contribution in [0.1, 0.15) is 0 Å². The monoisotopic (exact) mass is 208 g/mol. The zero-order valence-electron chi connectivity index (χ0n) is 8.41. The Morgan fingerprint density at radius 1 is 1.00 bits per heavy atom. The standard InChI is InChI=1S/C8H20N2O4/c9-1-2-10-14-8-7-13-6-5-12-4-3-11/h10-11H,1-9H2. The predicted octanol–water partition coefficient (Wildman–Crippen LogP) is -1.51. The minimum atomic E-state index is 0.0477. The van der Waals surface area contributed by atoms with Gasteiger partial charge in [-0.25, -0.2) is 5.48 Å². The molecule has 0 amide bonds. The molecule has 0 saturated carbocycles. The molecule has 0 rings (SSSR count). The highest BCUT2D eigenvalue weighted by Crippen LogP contribution is 1.78. The van der Waals surface area contributed by atoms with E-state index in [1.54, 1.807) is 0 Å². The van der Waals surface area contributed by atoms with E-state index in [1.165, 1.54) is 0 Å². The van der Waals surface area contributed by atoms with Crippen LogP contribution in [-0.2, 0) is 14.3 Å². The summed E-state index contributed by atoms with van der Waals surface area (Å²) in [4.78, 5) is 4.97. The van der Waals surface area contributed by atoms with Crippen LogP contribution >= 0.6 is 0 Å². The number of hydroxylamine groups is 1. The zero-order chi connectivity index (χ0) is 10.5. The number of rotatable bonds is 11. The summed E-state index contributed by atoms with van der Waals surface area (Å²) in [6.45, 7) is 3.61. The fourth-order valence-electron chi connectivity index (χ4n) is 0.690. The molecule has 0 heterocycles. The first-order chi connectivity index (χ1) is 6.91. The van der Waals surface area contributed by atoms with Crippen LogP contribution in [0.4, 0.5) is 0 Å². The van der Waals surface area contributed by atoms with Crippen LogP contribution < -0.4 is 11.2 Å². The van der Waals surface area contributed by atoms with Crippen LogP contribution in [0.2, 0.25) is 0 Å². The molecule has 6 heteroatoms. The lowest BCUT2D eigenvalue weighted by Gasteiger charge is -2.06. The van der Waals surface area contributed by atoms with E-state index in [0.29, 0.717) is 46.1 Å². The number of aliphatic hydroxyl groups excluding tert-OH is 1. The topological polar surface area (TPSA) is 86.0 Å². The lowest BCUT2D eigenvalue weighted by Crippen LogP contribution is -2.24. The molecule has 0 bridgehead atoms. The first-order valence-corrected chi connectivity index (χ1v) is 4.73. The Morgan fingerprint density at radius 2 is 1.64 bits per heavy atom. The van der Waals surface area contributed by atoms with E-state index in [4.69, 9.17) is 25.2 Å². The van der Waals surface area contributed by atoms with Crippen molar-refractivity contribution in [2.75, 3.05) is 52.7 Å². The second-order valence-corrected chi connectivity index (χ2v) is 2.48. The van der Waals surface area contributed by atoms with Gasteiger partial charge in [0.05, 0.1) is 39.6 Å². The Balaban J connectivity index is 2.78. The van der Waals surface area contributed by atoms with Gasteiger partial charge in [0, 0.05) is 13.1 Å². The van der Waals surface area contributed by atoms with Crippen molar-refractivity contribution in [3.05, 3.63) is 0 Å². The Labute approximate surface area is 84.3 Å². The maximum atomic E-state index is 8.39. The minimum Gasteiger partial charge on any atom is -0.394 e. The van der Waals surface area contributed by atoms with E-state index >= 15 is 0 Å². The van der Waals surface area contributed by atoms with E-state index < -0.39 is 0 Å². The second-order valence-electron chi connectivity index (χ2n) is 2.48. The van der Waals surface area contributed by atoms with Crippen molar-refractivity contribution in [1.29, 1.82) is 0 Å². The molecule has 0 aliphatic carbocycles. The van der Waals surface area contributed by atoms with Gasteiger partial charge in [0.1, 0.15) is 0 Å². The Bertz CT molecular complexity index is 93.3. The highest BCUT2D eigenvalue weighted by Gasteiger charge is 1.90. The molecule has 0 aromatic carbocycles. The second kappa shape index (κ2) is 12.8. The van der Waals surface area contributed by atoms with Gasteiger partial charge in [-0.15, -0.1) is 0 Å². The summed E-state index contributed by atoms with van der Waals surface area (Å²) in [5.41, 5.74) is 7.90. The van der Waals surface area contributed by atoms with Crippen LogP contribution in [0.15, 0.2) is 0 Å². The van der Waals surface area contributed by atoms with E-state index in [1.807, 2.05) is 0 Å². The number of ether oxygens (including phenoxy) is 2. The van der Waals surface area contributed by atoms with Crippen molar-refractivity contribution in [2.45, 2.75) is 0 Å². The van der Waals surface area contributed by atoms with Gasteiger partial charge >= 0.3 is 0 Å². The third kappa shape index (κ3) is 11.8. The molecule has 0 spiro atoms. The molecule has 0 aromatic rings. The summed E-state index contributed by atoms with van der Waals surface area (Å²) in [5, 5.41) is 8.39. The van der Waals surface area contributed by atoms with Crippen molar-refractivity contribution < 1.29 is 19.4 Å². The van der Waals surface area contributed by atoms with Crippen molar-refractivity contribution in [3.8, 4) is 0 Å². The third-order valence-corrected chi connectivity index (χ3v) is 1.29. The smallest absolute Gasteiger partial charge is 0.0916 e. The Kier molecular flexibility index (Phi) is 12.5. The summed E-state index contributed by atoms with van der Waals surface area (Å²) in [7, 11) is 0. The van der Waals surface area contributed by atoms with E-state index in [-0.39, 0.29) is 6.61 Å². The van der Waals surface area contributed by atoms with E-state index in [2.05, 4.69) is 5.48 Å². The molecule has 0 aromatic heterocycles. The van der Waals surface area contributed by atoms with E-state index in [9.17, 15) is 0 Å². The quantitative estimate of drug-likeness (QED) is 0.283. The molecule has 0 atom stereocenters. The molecule has 0 unspecified atom stereocenters. The number of nitrogens with two attached hydrogens (primary N) is 1. The number of hydrogen-bond acceptors (Lipinski definition) is 6. The molecule has 14 heavy (non-hydrogen) atoms. The van der Waals surface area contributed by atoms with Crippen LogP contribution in [0.3, 0.4) is 0 Å². The van der Waals surface area contributed by atoms with Gasteiger partial charge in [0.15, 0.2) is 0 Å². The first kappa shape index (κ1) is 13.8. The molecule has 4 N–H and O–H groups in total. The van der Waals surface area contributed by atoms with Crippen LogP contribution in [0.5, 0.6) is 0 Å². The van der Waals surface area contributed by atoms with Gasteiger partial charge in [-0.1, -0.05) is 0 Å². The fraction of sp³-hybridized carbons (Fsp3) is 1.00. The SMILES string of the molecule is NCCNOCCOCCOCCO. The predicted molar refractivity (Wildman–Crippen MR) is 51.7 cm³/mol. The third-order valence-electron chi connectivity index (χ3n) is 1.29. The summed E-state index contributed by atoms with van der Waals surface area (Å²) in [6, 6.07) is 0. The lowest BCUT2D eigenvalue weighted by molar-refractivity contribution is -0.0200. The van der Waals surface area contributed by atoms with Gasteiger partial charge in [0.2, 0.25) is 0 Å². The van der Waals surface area contributed by atoms with Crippen molar-refractivity contribution in [1.82, 2.24) is 5.48 Å². The van der Waals surface area contributed by atoms with Crippen LogP contribution in [-0.4, -0.2) is 57.8 Å². The lowest BCUT2D eigenvalue weighted by atomic mass is 10.7. The van der Waals surface area contributed by atoms with Crippen LogP contribution in [0.25, 0.3) is 0 Å². The fourth-order valence-corrected chi connectivity index (χ4v) is 0.690. The largest absolute Gasteiger partial charge is 0.394 e. The zero-order valence-corrected chi connectivity index (χ0v) is 8.41. The number of aliphatic hydroxyl groups is 1. The normalized spacial score (nSPS) is 10.7. The molecule has 0 radical (unpaired) electrons. The van der Waals surface area contributed by atoms with Gasteiger partial charge in [-0.3, -0.25) is 4.84 Å². The summed E-state index contributed by atoms with van der Waals surface area (Å²) >= 11 is 0. The molecular weight excluding hydrogens is 188 g/mol. The Hall–Kier alpha value is -0.240. The van der Waals surface area contributed by atoms with Crippen molar-refractivity contribution in [2.24, 2.45) is 5.73 Å². The van der Waals surface area contributed by atoms with Gasteiger partial charge in [-0.2, -0.15) is 0 Å². The number of hydrogen-bond donors (Lipinski definition) is 3. The molecule has 0 fully saturated rings. The van der Waals surface area contributed by atoms with E-state index in [0.717, 1.165) is 0 Å². The van der Waals surface area contributed by atoms with Crippen molar-refractivity contribution >= 4 is 0 Å². The first-order valence-electron chi connectivity index (χ1n) is 4.73. The summed E-state index contributed by atoms with van der Waals surface area (Å²) in [6.07, 6.45) is 0. The van der Waals surface area contributed by atoms with Crippen molar-refractivity contribution in [3.63, 3.8) is 0 Å². The molecule has 86 valence electrons. The van der Waals surface area contributed by atoms with Gasteiger partial charge in [0.25, 0.3) is 0 Å². The Morgan fingerprint density at radius 3 is 2.29 bits per heavy atom. The minimum absolute atomic E-state index is 0.0477. The highest BCUT2D eigenvalue weighted by molar-refractivity contribution is 4.34. The maximum absolute atomic E-state index is 8.39. The summed E-state index contributed by atoms with van der Waals surface area (Å²) < 4.78 is 10.1.